The lowest BCUT2D eigenvalue weighted by Gasteiger charge is -2.55. The fraction of sp³-hybridized carbons (Fsp3) is 0.955. The van der Waals surface area contributed by atoms with Crippen LogP contribution in [-0.2, 0) is 0 Å². The molecule has 0 aliphatic carbocycles. The first-order valence-corrected chi connectivity index (χ1v) is 11.3. The Balaban J connectivity index is 1.78. The van der Waals surface area contributed by atoms with Crippen LogP contribution >= 0.6 is 12.2 Å². The molecule has 0 aromatic heterocycles. The van der Waals surface area contributed by atoms with Crippen LogP contribution in [0.5, 0.6) is 0 Å². The Hall–Kier alpha value is -0.390. The summed E-state index contributed by atoms with van der Waals surface area (Å²) in [6.45, 7) is 20.9. The van der Waals surface area contributed by atoms with Crippen LogP contribution in [0.15, 0.2) is 0 Å². The highest BCUT2D eigenvalue weighted by molar-refractivity contribution is 7.80. The van der Waals surface area contributed by atoms with Gasteiger partial charge in [0, 0.05) is 47.3 Å². The zero-order valence-electron chi connectivity index (χ0n) is 18.9. The van der Waals surface area contributed by atoms with Crippen LogP contribution in [0.2, 0.25) is 0 Å². The third-order valence-electron chi connectivity index (χ3n) is 6.51. The second kappa shape index (κ2) is 6.84. The molecule has 0 aromatic carbocycles. The summed E-state index contributed by atoms with van der Waals surface area (Å²) in [6.07, 6.45) is 5.86. The van der Waals surface area contributed by atoms with Crippen molar-refractivity contribution in [2.75, 3.05) is 13.1 Å². The molecule has 5 heteroatoms. The molecule has 0 bridgehead atoms. The molecule has 4 nitrogen and oxygen atoms in total. The highest BCUT2D eigenvalue weighted by atomic mass is 32.1. The fourth-order valence-electron chi connectivity index (χ4n) is 6.42. The normalized spacial score (nSPS) is 31.2. The van der Waals surface area contributed by atoms with Crippen molar-refractivity contribution < 1.29 is 0 Å². The second-order valence-electron chi connectivity index (χ2n) is 11.9. The maximum atomic E-state index is 6.12. The van der Waals surface area contributed by atoms with Crippen LogP contribution in [0.4, 0.5) is 0 Å². The number of rotatable bonds is 2. The lowest BCUT2D eigenvalue weighted by molar-refractivity contribution is 0.0592. The smallest absolute Gasteiger partial charge is 0.172 e. The van der Waals surface area contributed by atoms with Gasteiger partial charge in [-0.15, -0.1) is 0 Å². The summed E-state index contributed by atoms with van der Waals surface area (Å²) < 4.78 is 0. The Morgan fingerprint density at radius 3 is 1.26 bits per heavy atom. The van der Waals surface area contributed by atoms with Crippen LogP contribution in [-0.4, -0.2) is 62.2 Å². The summed E-state index contributed by atoms with van der Waals surface area (Å²) in [7, 11) is 0. The van der Waals surface area contributed by atoms with Gasteiger partial charge in [-0.2, -0.15) is 0 Å². The quantitative estimate of drug-likeness (QED) is 0.694. The zero-order valence-corrected chi connectivity index (χ0v) is 19.7. The van der Waals surface area contributed by atoms with Gasteiger partial charge in [-0.1, -0.05) is 0 Å². The van der Waals surface area contributed by atoms with Gasteiger partial charge >= 0.3 is 0 Å². The first-order chi connectivity index (χ1) is 12.2. The minimum atomic E-state index is 0.156. The first kappa shape index (κ1) is 21.3. The molecule has 0 spiro atoms. The summed E-state index contributed by atoms with van der Waals surface area (Å²) in [5.41, 5.74) is 0.623. The Morgan fingerprint density at radius 1 is 0.667 bits per heavy atom. The number of nitrogens with zero attached hydrogens (tertiary/aromatic N) is 2. The minimum absolute atomic E-state index is 0.156. The molecule has 3 aliphatic heterocycles. The number of nitrogens with one attached hydrogen (secondary N) is 2. The van der Waals surface area contributed by atoms with Crippen LogP contribution in [0.1, 0.15) is 87.5 Å². The molecular formula is C22H42N4S. The van der Waals surface area contributed by atoms with E-state index in [0.717, 1.165) is 43.9 Å². The SMILES string of the molecule is CC1(C)CC(N2CCCN(C3CC(C)(C)NC(C)(C)C3)C2=S)CC(C)(C)N1. The van der Waals surface area contributed by atoms with Crippen molar-refractivity contribution in [1.82, 2.24) is 20.4 Å². The number of piperidine rings is 2. The molecule has 3 heterocycles. The predicted molar refractivity (Wildman–Crippen MR) is 119 cm³/mol. The molecular weight excluding hydrogens is 352 g/mol. The molecule has 156 valence electrons. The van der Waals surface area contributed by atoms with E-state index in [0.29, 0.717) is 12.1 Å². The number of thiocarbonyl (C=S) groups is 1. The summed E-state index contributed by atoms with van der Waals surface area (Å²) >= 11 is 6.12. The maximum Gasteiger partial charge on any atom is 0.172 e. The van der Waals surface area contributed by atoms with E-state index in [4.69, 9.17) is 12.2 Å². The third-order valence-corrected chi connectivity index (χ3v) is 6.98. The first-order valence-electron chi connectivity index (χ1n) is 10.8. The molecule has 0 amide bonds. The van der Waals surface area contributed by atoms with E-state index in [-0.39, 0.29) is 22.2 Å². The maximum absolute atomic E-state index is 6.12. The average molecular weight is 395 g/mol. The van der Waals surface area contributed by atoms with Crippen LogP contribution in [0, 0.1) is 0 Å². The van der Waals surface area contributed by atoms with Gasteiger partial charge in [-0.3, -0.25) is 0 Å². The monoisotopic (exact) mass is 394 g/mol. The van der Waals surface area contributed by atoms with Crippen molar-refractivity contribution in [3.63, 3.8) is 0 Å². The van der Waals surface area contributed by atoms with Crippen molar-refractivity contribution in [2.45, 2.75) is 122 Å². The molecule has 3 aliphatic rings. The van der Waals surface area contributed by atoms with Gasteiger partial charge in [0.2, 0.25) is 0 Å². The van der Waals surface area contributed by atoms with E-state index >= 15 is 0 Å². The molecule has 3 saturated heterocycles. The standard InChI is InChI=1S/C22H42N4S/c1-19(2)12-16(13-20(3,4)23-19)25-10-9-11-26(18(25)27)17-14-21(5,6)24-22(7,8)15-17/h16-17,23-24H,9-15H2,1-8H3. The van der Waals surface area contributed by atoms with E-state index in [2.05, 4.69) is 75.8 Å². The Bertz CT molecular complexity index is 501. The molecule has 2 N–H and O–H groups in total. The molecule has 0 aromatic rings. The van der Waals surface area contributed by atoms with Gasteiger partial charge in [-0.25, -0.2) is 0 Å². The molecule has 0 radical (unpaired) electrons. The van der Waals surface area contributed by atoms with Crippen molar-refractivity contribution >= 4 is 17.3 Å². The van der Waals surface area contributed by atoms with Crippen molar-refractivity contribution in [1.29, 1.82) is 0 Å². The fourth-order valence-corrected chi connectivity index (χ4v) is 6.90. The van der Waals surface area contributed by atoms with Crippen LogP contribution < -0.4 is 10.6 Å². The third kappa shape index (κ3) is 4.97. The van der Waals surface area contributed by atoms with Gasteiger partial charge in [0.25, 0.3) is 0 Å². The Kier molecular flexibility index (Phi) is 5.40. The molecule has 0 unspecified atom stereocenters. The van der Waals surface area contributed by atoms with E-state index < -0.39 is 0 Å². The topological polar surface area (TPSA) is 30.5 Å². The van der Waals surface area contributed by atoms with E-state index in [9.17, 15) is 0 Å². The zero-order chi connectivity index (χ0) is 20.3. The van der Waals surface area contributed by atoms with E-state index in [1.807, 2.05) is 0 Å². The predicted octanol–water partition coefficient (Wildman–Crippen LogP) is 3.90. The molecule has 3 rings (SSSR count). The Labute approximate surface area is 172 Å². The number of hydrogen-bond donors (Lipinski definition) is 2. The van der Waals surface area contributed by atoms with Crippen LogP contribution in [0.3, 0.4) is 0 Å². The lowest BCUT2D eigenvalue weighted by Crippen LogP contribution is -2.67. The highest BCUT2D eigenvalue weighted by Gasteiger charge is 2.45. The minimum Gasteiger partial charge on any atom is -0.346 e. The molecule has 0 saturated carbocycles. The summed E-state index contributed by atoms with van der Waals surface area (Å²) in [5, 5.41) is 8.75. The molecule has 0 atom stereocenters. The summed E-state index contributed by atoms with van der Waals surface area (Å²) in [4.78, 5) is 5.15. The second-order valence-corrected chi connectivity index (χ2v) is 12.3. The largest absolute Gasteiger partial charge is 0.346 e. The van der Waals surface area contributed by atoms with Crippen molar-refractivity contribution in [3.05, 3.63) is 0 Å². The van der Waals surface area contributed by atoms with Crippen molar-refractivity contribution in [2.24, 2.45) is 0 Å². The summed E-state index contributed by atoms with van der Waals surface area (Å²) in [6, 6.07) is 1.07. The average Bonchev–Trinajstić information content (AvgIpc) is 2.40. The van der Waals surface area contributed by atoms with Crippen molar-refractivity contribution in [3.8, 4) is 0 Å². The van der Waals surface area contributed by atoms with E-state index in [1.54, 1.807) is 0 Å². The van der Waals surface area contributed by atoms with Gasteiger partial charge in [0.15, 0.2) is 5.11 Å². The van der Waals surface area contributed by atoms with Crippen LogP contribution in [0.25, 0.3) is 0 Å². The number of hydrogen-bond acceptors (Lipinski definition) is 3. The Morgan fingerprint density at radius 2 is 0.963 bits per heavy atom. The van der Waals surface area contributed by atoms with E-state index in [1.165, 1.54) is 6.42 Å². The van der Waals surface area contributed by atoms with Gasteiger partial charge in [0.05, 0.1) is 0 Å². The van der Waals surface area contributed by atoms with Gasteiger partial charge in [0.1, 0.15) is 0 Å². The van der Waals surface area contributed by atoms with Gasteiger partial charge in [-0.05, 0) is 99.7 Å². The summed E-state index contributed by atoms with van der Waals surface area (Å²) in [5.74, 6) is 0. The highest BCUT2D eigenvalue weighted by Crippen LogP contribution is 2.36. The lowest BCUT2D eigenvalue weighted by atomic mass is 9.78. The molecule has 3 fully saturated rings. The van der Waals surface area contributed by atoms with Gasteiger partial charge < -0.3 is 20.4 Å². The molecule has 27 heavy (non-hydrogen) atoms.